The van der Waals surface area contributed by atoms with Crippen LogP contribution in [0.3, 0.4) is 0 Å². The highest BCUT2D eigenvalue weighted by atomic mass is 15.0. The molecule has 1 aliphatic carbocycles. The molecule has 0 saturated heterocycles. The van der Waals surface area contributed by atoms with Crippen molar-refractivity contribution in [2.75, 3.05) is 0 Å². The molecule has 2 aromatic heterocycles. The van der Waals surface area contributed by atoms with Crippen molar-refractivity contribution in [2.24, 2.45) is 0 Å². The Bertz CT molecular complexity index is 3330. The molecule has 8 aromatic carbocycles. The molecule has 0 spiro atoms. The number of aromatic nitrogens is 6. The molecule has 6 heteroatoms. The van der Waals surface area contributed by atoms with E-state index in [2.05, 4.69) is 158 Å². The average molecular weight is 795 g/mol. The molecule has 10 aromatic rings. The van der Waals surface area contributed by atoms with Gasteiger partial charge in [0.25, 0.3) is 0 Å². The van der Waals surface area contributed by atoms with Gasteiger partial charge in [0.1, 0.15) is 0 Å². The Morgan fingerprint density at radius 1 is 0.258 bits per heavy atom. The van der Waals surface area contributed by atoms with Crippen molar-refractivity contribution in [3.63, 3.8) is 0 Å². The number of hydrogen-bond acceptors (Lipinski definition) is 6. The monoisotopic (exact) mass is 794 g/mol. The van der Waals surface area contributed by atoms with E-state index in [1.54, 1.807) is 0 Å². The first-order valence-corrected chi connectivity index (χ1v) is 20.9. The molecule has 0 unspecified atom stereocenters. The maximum Gasteiger partial charge on any atom is 0.164 e. The first-order chi connectivity index (χ1) is 30.7. The summed E-state index contributed by atoms with van der Waals surface area (Å²) < 4.78 is 0. The molecule has 11 rings (SSSR count). The third-order valence-corrected chi connectivity index (χ3v) is 11.5. The number of hydrogen-bond donors (Lipinski definition) is 0. The molecule has 0 aliphatic heterocycles. The minimum absolute atomic E-state index is 0.635. The summed E-state index contributed by atoms with van der Waals surface area (Å²) in [5, 5.41) is 4.53. The topological polar surface area (TPSA) is 77.3 Å². The molecule has 0 bridgehead atoms. The quantitative estimate of drug-likeness (QED) is 0.152. The van der Waals surface area contributed by atoms with Crippen molar-refractivity contribution in [1.29, 1.82) is 0 Å². The van der Waals surface area contributed by atoms with Crippen molar-refractivity contribution in [2.45, 2.75) is 12.8 Å². The van der Waals surface area contributed by atoms with Gasteiger partial charge in [-0.3, -0.25) is 0 Å². The predicted octanol–water partition coefficient (Wildman–Crippen LogP) is 13.6. The van der Waals surface area contributed by atoms with Gasteiger partial charge in [-0.1, -0.05) is 200 Å². The SMILES string of the molecule is C1=C(c2cccc(-c3ccc(-c4nc(-c5ccccc5)nc(-c5cccc6ccccc56)n4)cc3)c2)CCC(c2nc(-c3ccccc3)nc(-c3cccc4ccccc34)n2)=C1. The van der Waals surface area contributed by atoms with E-state index in [-0.39, 0.29) is 0 Å². The summed E-state index contributed by atoms with van der Waals surface area (Å²) in [6, 6.07) is 66.9. The second kappa shape index (κ2) is 16.1. The number of benzene rings is 8. The second-order valence-electron chi connectivity index (χ2n) is 15.4. The summed E-state index contributed by atoms with van der Waals surface area (Å²) in [5.74, 6) is 3.99. The lowest BCUT2D eigenvalue weighted by molar-refractivity contribution is 0.986. The first kappa shape index (κ1) is 36.8. The minimum atomic E-state index is 0.635. The van der Waals surface area contributed by atoms with Crippen LogP contribution in [0.25, 0.3) is 101 Å². The highest BCUT2D eigenvalue weighted by Gasteiger charge is 2.19. The van der Waals surface area contributed by atoms with Gasteiger partial charge in [0.2, 0.25) is 0 Å². The highest BCUT2D eigenvalue weighted by molar-refractivity contribution is 5.96. The van der Waals surface area contributed by atoms with Crippen LogP contribution in [0.1, 0.15) is 24.2 Å². The van der Waals surface area contributed by atoms with Crippen molar-refractivity contribution >= 4 is 32.7 Å². The van der Waals surface area contributed by atoms with Gasteiger partial charge in [-0.05, 0) is 68.3 Å². The number of nitrogens with zero attached hydrogens (tertiary/aromatic N) is 6. The maximum absolute atomic E-state index is 5.10. The molecule has 0 fully saturated rings. The molecule has 0 N–H and O–H groups in total. The molecule has 0 amide bonds. The van der Waals surface area contributed by atoms with Gasteiger partial charge < -0.3 is 0 Å². The Morgan fingerprint density at radius 3 is 1.21 bits per heavy atom. The first-order valence-electron chi connectivity index (χ1n) is 20.9. The molecule has 0 atom stereocenters. The summed E-state index contributed by atoms with van der Waals surface area (Å²) in [6.07, 6.45) is 6.09. The molecule has 0 saturated carbocycles. The summed E-state index contributed by atoms with van der Waals surface area (Å²) in [4.78, 5) is 30.2. The van der Waals surface area contributed by atoms with Gasteiger partial charge in [0, 0.05) is 27.8 Å². The average Bonchev–Trinajstić information content (AvgIpc) is 3.36. The molecule has 0 radical (unpaired) electrons. The molecular formula is C56H38N6. The summed E-state index contributed by atoms with van der Waals surface area (Å²) >= 11 is 0. The van der Waals surface area contributed by atoms with Crippen LogP contribution in [0.15, 0.2) is 206 Å². The minimum Gasteiger partial charge on any atom is -0.209 e. The van der Waals surface area contributed by atoms with Crippen molar-refractivity contribution in [3.05, 3.63) is 218 Å². The second-order valence-corrected chi connectivity index (χ2v) is 15.4. The largest absolute Gasteiger partial charge is 0.209 e. The van der Waals surface area contributed by atoms with Crippen LogP contribution in [-0.4, -0.2) is 29.9 Å². The van der Waals surface area contributed by atoms with Gasteiger partial charge in [-0.25, -0.2) is 29.9 Å². The van der Waals surface area contributed by atoms with Gasteiger partial charge in [0.15, 0.2) is 34.9 Å². The fourth-order valence-electron chi connectivity index (χ4n) is 8.31. The Labute approximate surface area is 359 Å². The van der Waals surface area contributed by atoms with Crippen LogP contribution in [0, 0.1) is 0 Å². The molecule has 62 heavy (non-hydrogen) atoms. The van der Waals surface area contributed by atoms with Crippen LogP contribution < -0.4 is 0 Å². The van der Waals surface area contributed by atoms with Crippen LogP contribution in [0.4, 0.5) is 0 Å². The van der Waals surface area contributed by atoms with Crippen LogP contribution in [0.2, 0.25) is 0 Å². The Balaban J connectivity index is 0.904. The van der Waals surface area contributed by atoms with Crippen LogP contribution in [-0.2, 0) is 0 Å². The maximum atomic E-state index is 5.10. The fraction of sp³-hybridized carbons (Fsp3) is 0.0357. The summed E-state index contributed by atoms with van der Waals surface area (Å²) in [7, 11) is 0. The zero-order chi connectivity index (χ0) is 41.2. The third-order valence-electron chi connectivity index (χ3n) is 11.5. The Kier molecular flexibility index (Phi) is 9.56. The summed E-state index contributed by atoms with van der Waals surface area (Å²) in [5.41, 5.74) is 10.6. The van der Waals surface area contributed by atoms with E-state index in [4.69, 9.17) is 29.9 Å². The van der Waals surface area contributed by atoms with Gasteiger partial charge in [0.05, 0.1) is 0 Å². The van der Waals surface area contributed by atoms with E-state index in [0.29, 0.717) is 34.9 Å². The molecule has 292 valence electrons. The zero-order valence-corrected chi connectivity index (χ0v) is 33.7. The molecule has 1 aliphatic rings. The fourth-order valence-corrected chi connectivity index (χ4v) is 8.31. The zero-order valence-electron chi connectivity index (χ0n) is 33.7. The lowest BCUT2D eigenvalue weighted by Gasteiger charge is -2.16. The molecule has 6 nitrogen and oxygen atoms in total. The van der Waals surface area contributed by atoms with Crippen LogP contribution in [0.5, 0.6) is 0 Å². The smallest absolute Gasteiger partial charge is 0.164 e. The summed E-state index contributed by atoms with van der Waals surface area (Å²) in [6.45, 7) is 0. The van der Waals surface area contributed by atoms with Gasteiger partial charge >= 0.3 is 0 Å². The van der Waals surface area contributed by atoms with E-state index < -0.39 is 0 Å². The van der Waals surface area contributed by atoms with Crippen molar-refractivity contribution in [3.8, 4) is 68.1 Å². The highest BCUT2D eigenvalue weighted by Crippen LogP contribution is 2.36. The van der Waals surface area contributed by atoms with Gasteiger partial charge in [-0.2, -0.15) is 0 Å². The lowest BCUT2D eigenvalue weighted by atomic mass is 9.91. The van der Waals surface area contributed by atoms with E-state index >= 15 is 0 Å². The van der Waals surface area contributed by atoms with E-state index in [9.17, 15) is 0 Å². The number of fused-ring (bicyclic) bond motifs is 2. The number of allylic oxidation sites excluding steroid dienone is 4. The Hall–Kier alpha value is -8.22. The van der Waals surface area contributed by atoms with Crippen molar-refractivity contribution in [1.82, 2.24) is 29.9 Å². The lowest BCUT2D eigenvalue weighted by Crippen LogP contribution is -2.04. The predicted molar refractivity (Wildman–Crippen MR) is 252 cm³/mol. The number of rotatable bonds is 8. The Morgan fingerprint density at radius 2 is 0.645 bits per heavy atom. The van der Waals surface area contributed by atoms with E-state index in [1.165, 1.54) is 11.1 Å². The van der Waals surface area contributed by atoms with Crippen molar-refractivity contribution < 1.29 is 0 Å². The van der Waals surface area contributed by atoms with Gasteiger partial charge in [-0.15, -0.1) is 0 Å². The third kappa shape index (κ3) is 7.24. The molecular weight excluding hydrogens is 757 g/mol. The standard InChI is InChI=1S/C56H38N6/c1-3-16-41(17-4-1)51-57-53(61-55(59-51)49-26-12-20-39-14-7-9-24-47(39)49)43-32-28-37(29-33-43)45-22-11-23-46(36-45)38-30-34-44(35-31-38)54-58-52(42-18-5-2-6-19-42)60-56(62-54)50-27-13-21-40-15-8-10-25-48(40)50/h1-30,32-34,36H,31,35H2. The molecule has 2 heterocycles. The van der Waals surface area contributed by atoms with E-state index in [1.807, 2.05) is 48.5 Å². The van der Waals surface area contributed by atoms with Crippen LogP contribution >= 0.6 is 0 Å². The normalized spacial score (nSPS) is 12.6. The van der Waals surface area contributed by atoms with E-state index in [0.717, 1.165) is 78.9 Å².